The third-order valence-corrected chi connectivity index (χ3v) is 3.98. The summed E-state index contributed by atoms with van der Waals surface area (Å²) < 4.78 is 1.94. The molecule has 92 valence electrons. The number of nitrogens with zero attached hydrogens (tertiary/aromatic N) is 2. The van der Waals surface area contributed by atoms with Crippen LogP contribution in [0, 0.1) is 0 Å². The summed E-state index contributed by atoms with van der Waals surface area (Å²) in [4.78, 5) is 1.43. The van der Waals surface area contributed by atoms with E-state index in [9.17, 15) is 0 Å². The van der Waals surface area contributed by atoms with Gasteiger partial charge in [-0.15, -0.1) is 11.3 Å². The number of nitrogens with one attached hydrogen (secondary N) is 1. The lowest BCUT2D eigenvalue weighted by molar-refractivity contribution is 0.523. The van der Waals surface area contributed by atoms with Gasteiger partial charge in [-0.3, -0.25) is 4.68 Å². The van der Waals surface area contributed by atoms with Crippen LogP contribution in [0.2, 0.25) is 0 Å². The summed E-state index contributed by atoms with van der Waals surface area (Å²) in [5.74, 6) is 0. The number of thiophene rings is 1. The normalized spacial score (nSPS) is 12.8. The predicted molar refractivity (Wildman–Crippen MR) is 72.3 cm³/mol. The third kappa shape index (κ3) is 3.17. The van der Waals surface area contributed by atoms with E-state index in [2.05, 4.69) is 40.9 Å². The monoisotopic (exact) mass is 249 g/mol. The van der Waals surface area contributed by atoms with Crippen molar-refractivity contribution in [2.75, 3.05) is 6.54 Å². The molecule has 1 atom stereocenters. The van der Waals surface area contributed by atoms with Crippen LogP contribution in [0.15, 0.2) is 29.8 Å². The Bertz CT molecular complexity index is 433. The molecule has 0 radical (unpaired) electrons. The molecule has 17 heavy (non-hydrogen) atoms. The van der Waals surface area contributed by atoms with Crippen molar-refractivity contribution in [1.82, 2.24) is 15.1 Å². The van der Waals surface area contributed by atoms with E-state index in [1.54, 1.807) is 0 Å². The molecule has 4 heteroatoms. The molecule has 0 aliphatic heterocycles. The van der Waals surface area contributed by atoms with Crippen LogP contribution < -0.4 is 5.32 Å². The topological polar surface area (TPSA) is 29.9 Å². The molecule has 2 heterocycles. The average molecular weight is 249 g/mol. The molecule has 0 saturated heterocycles. The number of hydrogen-bond donors (Lipinski definition) is 1. The highest BCUT2D eigenvalue weighted by atomic mass is 32.1. The number of hydrogen-bond acceptors (Lipinski definition) is 3. The van der Waals surface area contributed by atoms with E-state index in [1.807, 2.05) is 29.3 Å². The fourth-order valence-corrected chi connectivity index (χ4v) is 2.84. The zero-order valence-electron chi connectivity index (χ0n) is 10.4. The summed E-state index contributed by atoms with van der Waals surface area (Å²) in [6.07, 6.45) is 4.01. The van der Waals surface area contributed by atoms with Crippen molar-refractivity contribution in [1.29, 1.82) is 0 Å². The maximum atomic E-state index is 4.18. The molecule has 0 aliphatic carbocycles. The molecule has 0 aliphatic rings. The first kappa shape index (κ1) is 12.3. The van der Waals surface area contributed by atoms with Crippen LogP contribution in [0.4, 0.5) is 0 Å². The van der Waals surface area contributed by atoms with E-state index in [0.717, 1.165) is 19.4 Å². The maximum absolute atomic E-state index is 4.18. The van der Waals surface area contributed by atoms with Crippen LogP contribution in [0.3, 0.4) is 0 Å². The van der Waals surface area contributed by atoms with Gasteiger partial charge in [0.15, 0.2) is 0 Å². The number of aryl methyl sites for hydroxylation is 1. The number of rotatable bonds is 6. The molecule has 0 aromatic carbocycles. The molecule has 0 saturated carbocycles. The highest BCUT2D eigenvalue weighted by molar-refractivity contribution is 7.10. The molecule has 2 aromatic rings. The van der Waals surface area contributed by atoms with Crippen LogP contribution >= 0.6 is 11.3 Å². The molecule has 2 rings (SSSR count). The Labute approximate surface area is 106 Å². The molecule has 1 N–H and O–H groups in total. The Morgan fingerprint density at radius 3 is 2.94 bits per heavy atom. The van der Waals surface area contributed by atoms with Gasteiger partial charge in [0.2, 0.25) is 0 Å². The molecule has 0 bridgehead atoms. The molecular weight excluding hydrogens is 230 g/mol. The first-order valence-electron chi connectivity index (χ1n) is 6.05. The fourth-order valence-electron chi connectivity index (χ4n) is 1.96. The Morgan fingerprint density at radius 2 is 2.35 bits per heavy atom. The van der Waals surface area contributed by atoms with E-state index in [4.69, 9.17) is 0 Å². The van der Waals surface area contributed by atoms with Gasteiger partial charge < -0.3 is 5.32 Å². The third-order valence-electron chi connectivity index (χ3n) is 2.99. The Kier molecular flexibility index (Phi) is 4.34. The molecule has 1 unspecified atom stereocenters. The predicted octanol–water partition coefficient (Wildman–Crippen LogP) is 2.77. The van der Waals surface area contributed by atoms with E-state index in [1.165, 1.54) is 10.6 Å². The van der Waals surface area contributed by atoms with Crippen molar-refractivity contribution in [3.05, 3.63) is 40.3 Å². The lowest BCUT2D eigenvalue weighted by Crippen LogP contribution is -2.23. The molecule has 0 amide bonds. The smallest absolute Gasteiger partial charge is 0.0492 e. The van der Waals surface area contributed by atoms with Crippen LogP contribution in [-0.2, 0) is 13.5 Å². The van der Waals surface area contributed by atoms with E-state index in [-0.39, 0.29) is 0 Å². The van der Waals surface area contributed by atoms with Crippen molar-refractivity contribution in [2.45, 2.75) is 25.8 Å². The quantitative estimate of drug-likeness (QED) is 0.853. The van der Waals surface area contributed by atoms with Gasteiger partial charge in [0.1, 0.15) is 0 Å². The maximum Gasteiger partial charge on any atom is 0.0492 e. The molecule has 3 nitrogen and oxygen atoms in total. The summed E-state index contributed by atoms with van der Waals surface area (Å²) in [6, 6.07) is 6.89. The molecule has 0 fully saturated rings. The van der Waals surface area contributed by atoms with Gasteiger partial charge in [0.05, 0.1) is 0 Å². The van der Waals surface area contributed by atoms with Crippen LogP contribution in [-0.4, -0.2) is 16.3 Å². The van der Waals surface area contributed by atoms with Crippen molar-refractivity contribution in [3.63, 3.8) is 0 Å². The zero-order chi connectivity index (χ0) is 12.1. The Hall–Kier alpha value is -1.13. The zero-order valence-corrected chi connectivity index (χ0v) is 11.2. The first-order chi connectivity index (χ1) is 8.31. The first-order valence-corrected chi connectivity index (χ1v) is 6.93. The average Bonchev–Trinajstić information content (AvgIpc) is 2.97. The minimum Gasteiger partial charge on any atom is -0.309 e. The summed E-state index contributed by atoms with van der Waals surface area (Å²) in [7, 11) is 1.99. The summed E-state index contributed by atoms with van der Waals surface area (Å²) in [5.41, 5.74) is 1.28. The van der Waals surface area contributed by atoms with Crippen LogP contribution in [0.25, 0.3) is 0 Å². The second kappa shape index (κ2) is 5.98. The summed E-state index contributed by atoms with van der Waals surface area (Å²) in [6.45, 7) is 3.22. The number of aromatic nitrogens is 2. The van der Waals surface area contributed by atoms with Gasteiger partial charge in [0, 0.05) is 42.8 Å². The second-order valence-electron chi connectivity index (χ2n) is 4.13. The minimum atomic E-state index is 0.489. The van der Waals surface area contributed by atoms with Gasteiger partial charge in [-0.1, -0.05) is 13.0 Å². The van der Waals surface area contributed by atoms with E-state index < -0.39 is 0 Å². The largest absolute Gasteiger partial charge is 0.309 e. The van der Waals surface area contributed by atoms with Gasteiger partial charge >= 0.3 is 0 Å². The standard InChI is InChI=1S/C13H19N3S/c1-3-12(13-5-4-10-17-13)14-8-6-11-7-9-15-16(11)2/h4-5,7,9-10,12,14H,3,6,8H2,1-2H3. The summed E-state index contributed by atoms with van der Waals surface area (Å²) in [5, 5.41) is 9.92. The van der Waals surface area contributed by atoms with Crippen molar-refractivity contribution in [3.8, 4) is 0 Å². The molecular formula is C13H19N3S. The van der Waals surface area contributed by atoms with Crippen molar-refractivity contribution >= 4 is 11.3 Å². The van der Waals surface area contributed by atoms with Gasteiger partial charge in [-0.25, -0.2) is 0 Å². The van der Waals surface area contributed by atoms with E-state index >= 15 is 0 Å². The highest BCUT2D eigenvalue weighted by Gasteiger charge is 2.09. The van der Waals surface area contributed by atoms with Crippen LogP contribution in [0.5, 0.6) is 0 Å². The molecule has 0 spiro atoms. The highest BCUT2D eigenvalue weighted by Crippen LogP contribution is 2.21. The Balaban J connectivity index is 1.83. The van der Waals surface area contributed by atoms with Crippen LogP contribution in [0.1, 0.15) is 30.0 Å². The SMILES string of the molecule is CCC(NCCc1ccnn1C)c1cccs1. The minimum absolute atomic E-state index is 0.489. The second-order valence-corrected chi connectivity index (χ2v) is 5.11. The Morgan fingerprint density at radius 1 is 1.47 bits per heavy atom. The van der Waals surface area contributed by atoms with Crippen molar-refractivity contribution < 1.29 is 0 Å². The van der Waals surface area contributed by atoms with Gasteiger partial charge in [-0.05, 0) is 23.9 Å². The molecule has 2 aromatic heterocycles. The van der Waals surface area contributed by atoms with Gasteiger partial charge in [-0.2, -0.15) is 5.10 Å². The van der Waals surface area contributed by atoms with E-state index in [0.29, 0.717) is 6.04 Å². The lowest BCUT2D eigenvalue weighted by atomic mass is 10.2. The van der Waals surface area contributed by atoms with Crippen molar-refractivity contribution in [2.24, 2.45) is 7.05 Å². The summed E-state index contributed by atoms with van der Waals surface area (Å²) >= 11 is 1.83. The van der Waals surface area contributed by atoms with Gasteiger partial charge in [0.25, 0.3) is 0 Å². The fraction of sp³-hybridized carbons (Fsp3) is 0.462. The lowest BCUT2D eigenvalue weighted by Gasteiger charge is -2.15.